The summed E-state index contributed by atoms with van der Waals surface area (Å²) >= 11 is 0. The number of aromatic hydroxyl groups is 1. The summed E-state index contributed by atoms with van der Waals surface area (Å²) in [5.41, 5.74) is 0.867. The molecule has 2 N–H and O–H groups in total. The van der Waals surface area contributed by atoms with Crippen LogP contribution in [0.1, 0.15) is 37.7 Å². The largest absolute Gasteiger partial charge is 0.508 e. The third-order valence-corrected chi connectivity index (χ3v) is 3.23. The number of amides is 1. The van der Waals surface area contributed by atoms with Gasteiger partial charge >= 0.3 is 6.09 Å². The molecule has 0 bridgehead atoms. The van der Waals surface area contributed by atoms with Crippen LogP contribution in [0.15, 0.2) is 24.3 Å². The Kier molecular flexibility index (Phi) is 4.45. The molecule has 0 spiro atoms. The maximum atomic E-state index is 11.6. The molecule has 1 fully saturated rings. The molecule has 0 radical (unpaired) electrons. The molecule has 0 unspecified atom stereocenters. The summed E-state index contributed by atoms with van der Waals surface area (Å²) in [6.07, 6.45) is 5.38. The number of alkyl carbamates (subject to hydrolysis) is 1. The van der Waals surface area contributed by atoms with Crippen LogP contribution in [0, 0.1) is 0 Å². The number of hydrogen-bond donors (Lipinski definition) is 2. The van der Waals surface area contributed by atoms with Crippen molar-refractivity contribution in [2.24, 2.45) is 0 Å². The van der Waals surface area contributed by atoms with Gasteiger partial charge in [0.25, 0.3) is 0 Å². The van der Waals surface area contributed by atoms with Crippen molar-refractivity contribution >= 4 is 6.09 Å². The highest BCUT2D eigenvalue weighted by Gasteiger charge is 2.16. The van der Waals surface area contributed by atoms with Crippen molar-refractivity contribution in [3.63, 3.8) is 0 Å². The Labute approximate surface area is 107 Å². The maximum Gasteiger partial charge on any atom is 0.407 e. The molecule has 0 heterocycles. The molecule has 0 aliphatic heterocycles. The first-order valence-corrected chi connectivity index (χ1v) is 6.45. The van der Waals surface area contributed by atoms with E-state index in [1.54, 1.807) is 24.3 Å². The lowest BCUT2D eigenvalue weighted by atomic mass is 9.96. The SMILES string of the molecule is O=C(NC1CCCCC1)OCc1ccc(O)cc1. The van der Waals surface area contributed by atoms with Gasteiger partial charge in [0.2, 0.25) is 0 Å². The zero-order valence-corrected chi connectivity index (χ0v) is 10.4. The van der Waals surface area contributed by atoms with Crippen LogP contribution >= 0.6 is 0 Å². The second-order valence-corrected chi connectivity index (χ2v) is 4.72. The van der Waals surface area contributed by atoms with E-state index < -0.39 is 0 Å². The summed E-state index contributed by atoms with van der Waals surface area (Å²) in [6, 6.07) is 6.91. The fourth-order valence-corrected chi connectivity index (χ4v) is 2.20. The van der Waals surface area contributed by atoms with Gasteiger partial charge in [-0.2, -0.15) is 0 Å². The van der Waals surface area contributed by atoms with Crippen LogP contribution in [-0.2, 0) is 11.3 Å². The minimum absolute atomic E-state index is 0.213. The van der Waals surface area contributed by atoms with E-state index in [2.05, 4.69) is 5.32 Å². The predicted molar refractivity (Wildman–Crippen MR) is 68.3 cm³/mol. The summed E-state index contributed by atoms with van der Waals surface area (Å²) in [4.78, 5) is 11.6. The van der Waals surface area contributed by atoms with E-state index >= 15 is 0 Å². The molecule has 0 saturated heterocycles. The van der Waals surface area contributed by atoms with Gasteiger partial charge in [-0.3, -0.25) is 0 Å². The molecule has 1 amide bonds. The molecule has 1 aromatic rings. The number of phenolic OH excluding ortho intramolecular Hbond substituents is 1. The van der Waals surface area contributed by atoms with Gasteiger partial charge in [-0.05, 0) is 30.5 Å². The monoisotopic (exact) mass is 249 g/mol. The zero-order chi connectivity index (χ0) is 12.8. The maximum absolute atomic E-state index is 11.6. The highest BCUT2D eigenvalue weighted by Crippen LogP contribution is 2.17. The van der Waals surface area contributed by atoms with Crippen LogP contribution < -0.4 is 5.32 Å². The van der Waals surface area contributed by atoms with Crippen LogP contribution in [0.25, 0.3) is 0 Å². The molecule has 0 aromatic heterocycles. The Balaban J connectivity index is 1.72. The van der Waals surface area contributed by atoms with Crippen molar-refractivity contribution in [1.82, 2.24) is 5.32 Å². The molecular formula is C14H19NO3. The van der Waals surface area contributed by atoms with E-state index in [-0.39, 0.29) is 24.5 Å². The molecule has 4 heteroatoms. The molecule has 98 valence electrons. The summed E-state index contributed by atoms with van der Waals surface area (Å²) in [7, 11) is 0. The van der Waals surface area contributed by atoms with Crippen molar-refractivity contribution < 1.29 is 14.6 Å². The lowest BCUT2D eigenvalue weighted by molar-refractivity contribution is 0.133. The second-order valence-electron chi connectivity index (χ2n) is 4.72. The first kappa shape index (κ1) is 12.7. The average molecular weight is 249 g/mol. The number of ether oxygens (including phenoxy) is 1. The van der Waals surface area contributed by atoms with Crippen LogP contribution in [0.3, 0.4) is 0 Å². The van der Waals surface area contributed by atoms with Crippen molar-refractivity contribution in [3.05, 3.63) is 29.8 Å². The van der Waals surface area contributed by atoms with Crippen LogP contribution in [0.5, 0.6) is 5.75 Å². The van der Waals surface area contributed by atoms with E-state index in [0.717, 1.165) is 18.4 Å². The van der Waals surface area contributed by atoms with E-state index in [1.807, 2.05) is 0 Å². The predicted octanol–water partition coefficient (Wildman–Crippen LogP) is 2.95. The van der Waals surface area contributed by atoms with Gasteiger partial charge in [0.05, 0.1) is 0 Å². The number of hydrogen-bond acceptors (Lipinski definition) is 3. The Bertz CT molecular complexity index is 383. The Morgan fingerprint density at radius 3 is 2.56 bits per heavy atom. The number of rotatable bonds is 3. The van der Waals surface area contributed by atoms with E-state index in [9.17, 15) is 4.79 Å². The van der Waals surface area contributed by atoms with Crippen molar-refractivity contribution in [3.8, 4) is 5.75 Å². The van der Waals surface area contributed by atoms with Crippen molar-refractivity contribution in [2.75, 3.05) is 0 Å². The van der Waals surface area contributed by atoms with Crippen molar-refractivity contribution in [2.45, 2.75) is 44.8 Å². The summed E-state index contributed by atoms with van der Waals surface area (Å²) in [5, 5.41) is 12.0. The third-order valence-electron chi connectivity index (χ3n) is 3.23. The molecule has 2 rings (SSSR count). The number of carbonyl (C=O) groups is 1. The lowest BCUT2D eigenvalue weighted by Crippen LogP contribution is -2.36. The summed E-state index contributed by atoms with van der Waals surface area (Å²) in [6.45, 7) is 0.235. The number of nitrogens with one attached hydrogen (secondary N) is 1. The molecule has 1 aliphatic carbocycles. The Morgan fingerprint density at radius 2 is 1.89 bits per heavy atom. The van der Waals surface area contributed by atoms with Crippen LogP contribution in [0.4, 0.5) is 4.79 Å². The third kappa shape index (κ3) is 3.95. The van der Waals surface area contributed by atoms with Gasteiger partial charge in [-0.25, -0.2) is 4.79 Å². The minimum Gasteiger partial charge on any atom is -0.508 e. The number of benzene rings is 1. The standard InChI is InChI=1S/C14H19NO3/c16-13-8-6-11(7-9-13)10-18-14(17)15-12-4-2-1-3-5-12/h6-9,12,16H,1-5,10H2,(H,15,17). The minimum atomic E-state index is -0.352. The Morgan fingerprint density at radius 1 is 1.22 bits per heavy atom. The van der Waals surface area contributed by atoms with Gasteiger partial charge in [0, 0.05) is 6.04 Å². The fourth-order valence-electron chi connectivity index (χ4n) is 2.20. The molecule has 1 aliphatic rings. The lowest BCUT2D eigenvalue weighted by Gasteiger charge is -2.22. The normalized spacial score (nSPS) is 16.2. The van der Waals surface area contributed by atoms with Gasteiger partial charge in [0.1, 0.15) is 12.4 Å². The quantitative estimate of drug-likeness (QED) is 0.865. The summed E-state index contributed by atoms with van der Waals surface area (Å²) < 4.78 is 5.14. The highest BCUT2D eigenvalue weighted by atomic mass is 16.5. The molecule has 1 saturated carbocycles. The summed E-state index contributed by atoms with van der Waals surface area (Å²) in [5.74, 6) is 0.213. The first-order valence-electron chi connectivity index (χ1n) is 6.45. The van der Waals surface area contributed by atoms with E-state index in [1.165, 1.54) is 19.3 Å². The average Bonchev–Trinajstić information content (AvgIpc) is 2.39. The van der Waals surface area contributed by atoms with Crippen molar-refractivity contribution in [1.29, 1.82) is 0 Å². The van der Waals surface area contributed by atoms with E-state index in [4.69, 9.17) is 9.84 Å². The second kappa shape index (κ2) is 6.28. The van der Waals surface area contributed by atoms with Crippen LogP contribution in [0.2, 0.25) is 0 Å². The number of carbonyl (C=O) groups excluding carboxylic acids is 1. The molecule has 4 nitrogen and oxygen atoms in total. The van der Waals surface area contributed by atoms with E-state index in [0.29, 0.717) is 0 Å². The molecular weight excluding hydrogens is 230 g/mol. The van der Waals surface area contributed by atoms with Gasteiger partial charge < -0.3 is 15.2 Å². The Hall–Kier alpha value is -1.71. The smallest absolute Gasteiger partial charge is 0.407 e. The van der Waals surface area contributed by atoms with Gasteiger partial charge in [-0.1, -0.05) is 31.4 Å². The molecule has 1 aromatic carbocycles. The zero-order valence-electron chi connectivity index (χ0n) is 10.4. The fraction of sp³-hybridized carbons (Fsp3) is 0.500. The van der Waals surface area contributed by atoms with Crippen LogP contribution in [-0.4, -0.2) is 17.2 Å². The first-order chi connectivity index (χ1) is 8.74. The van der Waals surface area contributed by atoms with Gasteiger partial charge in [0.15, 0.2) is 0 Å². The topological polar surface area (TPSA) is 58.6 Å². The number of phenols is 1. The van der Waals surface area contributed by atoms with Gasteiger partial charge in [-0.15, -0.1) is 0 Å². The molecule has 0 atom stereocenters. The molecule has 18 heavy (non-hydrogen) atoms. The highest BCUT2D eigenvalue weighted by molar-refractivity contribution is 5.67.